The van der Waals surface area contributed by atoms with Crippen molar-refractivity contribution >= 4 is 27.8 Å². The Morgan fingerprint density at radius 2 is 1.74 bits per heavy atom. The molecule has 0 aliphatic heterocycles. The first kappa shape index (κ1) is 16.8. The van der Waals surface area contributed by atoms with Gasteiger partial charge in [0.2, 0.25) is 0 Å². The highest BCUT2D eigenvalue weighted by Crippen LogP contribution is 2.13. The van der Waals surface area contributed by atoms with Crippen LogP contribution in [0.15, 0.2) is 60.0 Å². The quantitative estimate of drug-likeness (QED) is 0.825. The molecule has 0 unspecified atom stereocenters. The number of sulfonamides is 1. The van der Waals surface area contributed by atoms with Gasteiger partial charge < -0.3 is 4.74 Å². The summed E-state index contributed by atoms with van der Waals surface area (Å²) in [5.41, 5.74) is 1.53. The molecule has 1 N–H and O–H groups in total. The number of esters is 1. The number of carbonyl (C=O) groups excluding carboxylic acids is 1. The maximum absolute atomic E-state index is 12.0. The van der Waals surface area contributed by atoms with E-state index in [1.165, 1.54) is 30.3 Å². The Kier molecular flexibility index (Phi) is 5.54. The van der Waals surface area contributed by atoms with Gasteiger partial charge in [-0.2, -0.15) is 0 Å². The van der Waals surface area contributed by atoms with Gasteiger partial charge in [-0.15, -0.1) is 0 Å². The normalized spacial score (nSPS) is 11.3. The Hall–Kier alpha value is -2.60. The van der Waals surface area contributed by atoms with Gasteiger partial charge in [0.25, 0.3) is 10.0 Å². The molecule has 0 heterocycles. The highest BCUT2D eigenvalue weighted by Gasteiger charge is 2.08. The average Bonchev–Trinajstić information content (AvgIpc) is 2.55. The fraction of sp³-hybridized carbons (Fsp3) is 0.118. The molecule has 0 spiro atoms. The van der Waals surface area contributed by atoms with Gasteiger partial charge in [-0.25, -0.2) is 13.2 Å². The van der Waals surface area contributed by atoms with Crippen LogP contribution in [0, 0.1) is 0 Å². The second-order valence-corrected chi connectivity index (χ2v) is 6.22. The fourth-order valence-electron chi connectivity index (χ4n) is 1.82. The Labute approximate surface area is 135 Å². The van der Waals surface area contributed by atoms with E-state index in [2.05, 4.69) is 4.72 Å². The van der Waals surface area contributed by atoms with E-state index in [1.54, 1.807) is 19.1 Å². The van der Waals surface area contributed by atoms with Gasteiger partial charge in [0.15, 0.2) is 0 Å². The third-order valence-corrected chi connectivity index (χ3v) is 3.91. The first-order valence-corrected chi connectivity index (χ1v) is 8.58. The van der Waals surface area contributed by atoms with Crippen molar-refractivity contribution in [1.82, 2.24) is 0 Å². The SMILES string of the molecule is CCOC(=O)c1ccc(NS(=O)(=O)/C=C/c2ccccc2)cc1. The molecule has 120 valence electrons. The number of hydrogen-bond acceptors (Lipinski definition) is 4. The standard InChI is InChI=1S/C17H17NO4S/c1-2-22-17(19)15-8-10-16(11-9-15)18-23(20,21)13-12-14-6-4-3-5-7-14/h3-13,18H,2H2,1H3/b13-12+. The molecule has 0 aliphatic rings. The van der Waals surface area contributed by atoms with Gasteiger partial charge in [-0.05, 0) is 42.8 Å². The highest BCUT2D eigenvalue weighted by atomic mass is 32.2. The molecule has 0 atom stereocenters. The Morgan fingerprint density at radius 3 is 2.35 bits per heavy atom. The predicted molar refractivity (Wildman–Crippen MR) is 90.4 cm³/mol. The summed E-state index contributed by atoms with van der Waals surface area (Å²) in [4.78, 5) is 11.5. The van der Waals surface area contributed by atoms with E-state index in [0.29, 0.717) is 11.3 Å². The van der Waals surface area contributed by atoms with E-state index in [1.807, 2.05) is 18.2 Å². The molecule has 0 aliphatic carbocycles. The van der Waals surface area contributed by atoms with Crippen LogP contribution in [0.3, 0.4) is 0 Å². The molecule has 0 aromatic heterocycles. The van der Waals surface area contributed by atoms with Crippen molar-refractivity contribution in [2.24, 2.45) is 0 Å². The largest absolute Gasteiger partial charge is 0.462 e. The van der Waals surface area contributed by atoms with Crippen molar-refractivity contribution in [3.8, 4) is 0 Å². The zero-order valence-corrected chi connectivity index (χ0v) is 13.4. The minimum atomic E-state index is -3.62. The summed E-state index contributed by atoms with van der Waals surface area (Å²) in [5, 5.41) is 1.10. The highest BCUT2D eigenvalue weighted by molar-refractivity contribution is 7.95. The van der Waals surface area contributed by atoms with E-state index in [4.69, 9.17) is 4.74 Å². The lowest BCUT2D eigenvalue weighted by Crippen LogP contribution is -2.09. The van der Waals surface area contributed by atoms with Crippen LogP contribution < -0.4 is 4.72 Å². The Balaban J connectivity index is 2.06. The van der Waals surface area contributed by atoms with Crippen LogP contribution in [0.25, 0.3) is 6.08 Å². The number of nitrogens with one attached hydrogen (secondary N) is 1. The van der Waals surface area contributed by atoms with Crippen LogP contribution in [0.1, 0.15) is 22.8 Å². The summed E-state index contributed by atoms with van der Waals surface area (Å²) in [6.45, 7) is 2.01. The first-order chi connectivity index (χ1) is 11.0. The van der Waals surface area contributed by atoms with E-state index >= 15 is 0 Å². The first-order valence-electron chi connectivity index (χ1n) is 7.03. The number of carbonyl (C=O) groups is 1. The van der Waals surface area contributed by atoms with Crippen molar-refractivity contribution in [3.63, 3.8) is 0 Å². The molecule has 2 aromatic carbocycles. The molecule has 6 heteroatoms. The van der Waals surface area contributed by atoms with Crippen LogP contribution in [-0.4, -0.2) is 21.0 Å². The zero-order chi connectivity index (χ0) is 16.7. The fourth-order valence-corrected chi connectivity index (χ4v) is 2.69. The molecule has 0 radical (unpaired) electrons. The van der Waals surface area contributed by atoms with Crippen LogP contribution in [0.5, 0.6) is 0 Å². The molecule has 0 saturated heterocycles. The lowest BCUT2D eigenvalue weighted by atomic mass is 10.2. The molecular weight excluding hydrogens is 314 g/mol. The van der Waals surface area contributed by atoms with Crippen molar-refractivity contribution in [1.29, 1.82) is 0 Å². The summed E-state index contributed by atoms with van der Waals surface area (Å²) in [5.74, 6) is -0.439. The maximum Gasteiger partial charge on any atom is 0.338 e. The average molecular weight is 331 g/mol. The van der Waals surface area contributed by atoms with Gasteiger partial charge in [0.05, 0.1) is 17.6 Å². The second-order valence-electron chi connectivity index (χ2n) is 4.66. The molecule has 0 fully saturated rings. The molecule has 23 heavy (non-hydrogen) atoms. The van der Waals surface area contributed by atoms with Gasteiger partial charge >= 0.3 is 5.97 Å². The monoisotopic (exact) mass is 331 g/mol. The minimum Gasteiger partial charge on any atom is -0.462 e. The van der Waals surface area contributed by atoms with Crippen molar-refractivity contribution < 1.29 is 17.9 Å². The van der Waals surface area contributed by atoms with Crippen molar-refractivity contribution in [2.45, 2.75) is 6.92 Å². The predicted octanol–water partition coefficient (Wildman–Crippen LogP) is 3.28. The van der Waals surface area contributed by atoms with E-state index in [-0.39, 0.29) is 6.61 Å². The topological polar surface area (TPSA) is 72.5 Å². The molecule has 2 aromatic rings. The third-order valence-electron chi connectivity index (χ3n) is 2.90. The van der Waals surface area contributed by atoms with Crippen molar-refractivity contribution in [2.75, 3.05) is 11.3 Å². The van der Waals surface area contributed by atoms with Gasteiger partial charge in [0.1, 0.15) is 0 Å². The van der Waals surface area contributed by atoms with Crippen LogP contribution in [-0.2, 0) is 14.8 Å². The summed E-state index contributed by atoms with van der Waals surface area (Å²) >= 11 is 0. The Morgan fingerprint density at radius 1 is 1.09 bits per heavy atom. The second kappa shape index (κ2) is 7.60. The third kappa shape index (κ3) is 5.27. The molecule has 0 saturated carbocycles. The summed E-state index contributed by atoms with van der Waals surface area (Å²) in [6.07, 6.45) is 1.51. The van der Waals surface area contributed by atoms with Gasteiger partial charge in [0, 0.05) is 5.69 Å². The summed E-state index contributed by atoms with van der Waals surface area (Å²) in [6, 6.07) is 15.2. The zero-order valence-electron chi connectivity index (χ0n) is 12.6. The van der Waals surface area contributed by atoms with Crippen LogP contribution in [0.2, 0.25) is 0 Å². The number of rotatable bonds is 6. The molecule has 0 amide bonds. The number of benzene rings is 2. The van der Waals surface area contributed by atoms with Gasteiger partial charge in [-0.1, -0.05) is 30.3 Å². The van der Waals surface area contributed by atoms with E-state index in [0.717, 1.165) is 11.0 Å². The minimum absolute atomic E-state index is 0.289. The number of anilines is 1. The molecular formula is C17H17NO4S. The van der Waals surface area contributed by atoms with Crippen LogP contribution >= 0.6 is 0 Å². The number of hydrogen-bond donors (Lipinski definition) is 1. The molecule has 5 nitrogen and oxygen atoms in total. The smallest absolute Gasteiger partial charge is 0.338 e. The van der Waals surface area contributed by atoms with E-state index < -0.39 is 16.0 Å². The Bertz CT molecular complexity index is 781. The molecule has 0 bridgehead atoms. The summed E-state index contributed by atoms with van der Waals surface area (Å²) in [7, 11) is -3.62. The lowest BCUT2D eigenvalue weighted by Gasteiger charge is -2.06. The lowest BCUT2D eigenvalue weighted by molar-refractivity contribution is 0.0526. The number of ether oxygens (including phenoxy) is 1. The molecule has 2 rings (SSSR count). The van der Waals surface area contributed by atoms with Gasteiger partial charge in [-0.3, -0.25) is 4.72 Å². The summed E-state index contributed by atoms with van der Waals surface area (Å²) < 4.78 is 31.3. The van der Waals surface area contributed by atoms with Crippen LogP contribution in [0.4, 0.5) is 5.69 Å². The maximum atomic E-state index is 12.0. The van der Waals surface area contributed by atoms with Crippen molar-refractivity contribution in [3.05, 3.63) is 71.1 Å². The van der Waals surface area contributed by atoms with E-state index in [9.17, 15) is 13.2 Å².